The molecule has 0 radical (unpaired) electrons. The van der Waals surface area contributed by atoms with Crippen LogP contribution in [0.1, 0.15) is 23.3 Å². The molecule has 1 aliphatic carbocycles. The second-order valence-electron chi connectivity index (χ2n) is 4.20. The molecule has 0 nitrogen and oxygen atoms in total. The topological polar surface area (TPSA) is 0 Å². The van der Waals surface area contributed by atoms with Crippen LogP contribution >= 0.6 is 11.8 Å². The number of hydrogen-bond donors (Lipinski definition) is 0. The molecule has 2 atom stereocenters. The van der Waals surface area contributed by atoms with Crippen LogP contribution < -0.4 is 0 Å². The molecule has 0 saturated heterocycles. The zero-order valence-electron chi connectivity index (χ0n) is 7.66. The first-order chi connectivity index (χ1) is 6.30. The highest BCUT2D eigenvalue weighted by Gasteiger charge is 2.43. The number of benzene rings is 1. The summed E-state index contributed by atoms with van der Waals surface area (Å²) in [6, 6.07) is 8.86. The Morgan fingerprint density at radius 1 is 1.38 bits per heavy atom. The summed E-state index contributed by atoms with van der Waals surface area (Å²) < 4.78 is 0. The number of hydrogen-bond acceptors (Lipinski definition) is 1. The quantitative estimate of drug-likeness (QED) is 0.600. The van der Waals surface area contributed by atoms with Gasteiger partial charge in [0.25, 0.3) is 0 Å². The predicted molar refractivity (Wildman–Crippen MR) is 57.7 cm³/mol. The van der Waals surface area contributed by atoms with Crippen LogP contribution in [0, 0.1) is 5.41 Å². The average Bonchev–Trinajstić information content (AvgIpc) is 2.58. The molecule has 1 aromatic rings. The van der Waals surface area contributed by atoms with E-state index in [1.807, 2.05) is 11.8 Å². The molecule has 66 valence electrons. The molecular formula is C12H12S. The smallest absolute Gasteiger partial charge is 0.0432 e. The molecule has 0 saturated carbocycles. The van der Waals surface area contributed by atoms with Crippen molar-refractivity contribution < 1.29 is 0 Å². The highest BCUT2D eigenvalue weighted by atomic mass is 32.2. The minimum atomic E-state index is 0.397. The Morgan fingerprint density at radius 3 is 3.15 bits per heavy atom. The molecule has 0 N–H and O–H groups in total. The lowest BCUT2D eigenvalue weighted by Crippen LogP contribution is -2.12. The summed E-state index contributed by atoms with van der Waals surface area (Å²) >= 11 is 1.97. The van der Waals surface area contributed by atoms with Crippen LogP contribution in [0.15, 0.2) is 35.7 Å². The van der Waals surface area contributed by atoms with E-state index in [9.17, 15) is 0 Å². The zero-order chi connectivity index (χ0) is 8.89. The summed E-state index contributed by atoms with van der Waals surface area (Å²) in [6.07, 6.45) is 3.60. The third-order valence-electron chi connectivity index (χ3n) is 3.17. The van der Waals surface area contributed by atoms with Gasteiger partial charge in [-0.1, -0.05) is 37.3 Å². The van der Waals surface area contributed by atoms with Crippen molar-refractivity contribution in [3.8, 4) is 0 Å². The van der Waals surface area contributed by atoms with Gasteiger partial charge in [0.15, 0.2) is 0 Å². The summed E-state index contributed by atoms with van der Waals surface area (Å²) in [5, 5.41) is 2.95. The third kappa shape index (κ3) is 0.939. The molecule has 1 aromatic carbocycles. The van der Waals surface area contributed by atoms with E-state index in [1.165, 1.54) is 6.42 Å². The second-order valence-corrected chi connectivity index (χ2v) is 5.22. The molecule has 0 amide bonds. The summed E-state index contributed by atoms with van der Waals surface area (Å²) in [4.78, 5) is 0. The lowest BCUT2D eigenvalue weighted by molar-refractivity contribution is 0.457. The van der Waals surface area contributed by atoms with Crippen LogP contribution in [0.25, 0.3) is 0 Å². The SMILES string of the molecule is CC12C=CSC1c1ccccc1C2. The van der Waals surface area contributed by atoms with Gasteiger partial charge in [0, 0.05) is 10.7 Å². The van der Waals surface area contributed by atoms with Crippen molar-refractivity contribution in [2.45, 2.75) is 18.6 Å². The summed E-state index contributed by atoms with van der Waals surface area (Å²) in [7, 11) is 0. The van der Waals surface area contributed by atoms with Gasteiger partial charge in [-0.25, -0.2) is 0 Å². The Kier molecular flexibility index (Phi) is 1.43. The molecule has 0 aromatic heterocycles. The van der Waals surface area contributed by atoms with Crippen LogP contribution in [-0.2, 0) is 6.42 Å². The number of fused-ring (bicyclic) bond motifs is 3. The Balaban J connectivity index is 2.16. The minimum absolute atomic E-state index is 0.397. The van der Waals surface area contributed by atoms with Crippen LogP contribution in [0.5, 0.6) is 0 Å². The van der Waals surface area contributed by atoms with E-state index in [1.54, 1.807) is 11.1 Å². The van der Waals surface area contributed by atoms with Gasteiger partial charge in [-0.3, -0.25) is 0 Å². The molecule has 1 aliphatic heterocycles. The van der Waals surface area contributed by atoms with Gasteiger partial charge in [0.2, 0.25) is 0 Å². The van der Waals surface area contributed by atoms with Gasteiger partial charge in [-0.05, 0) is 23.0 Å². The molecule has 2 aliphatic rings. The predicted octanol–water partition coefficient (Wildman–Crippen LogP) is 3.55. The second kappa shape index (κ2) is 2.42. The van der Waals surface area contributed by atoms with E-state index in [0.29, 0.717) is 10.7 Å². The summed E-state index contributed by atoms with van der Waals surface area (Å²) in [5.74, 6) is 0. The first-order valence-electron chi connectivity index (χ1n) is 4.71. The summed E-state index contributed by atoms with van der Waals surface area (Å²) in [5.41, 5.74) is 3.50. The van der Waals surface area contributed by atoms with E-state index in [0.717, 1.165) is 0 Å². The maximum atomic E-state index is 2.38. The number of rotatable bonds is 0. The average molecular weight is 188 g/mol. The highest BCUT2D eigenvalue weighted by Crippen LogP contribution is 2.58. The van der Waals surface area contributed by atoms with Crippen molar-refractivity contribution in [3.63, 3.8) is 0 Å². The Bertz CT molecular complexity index is 380. The monoisotopic (exact) mass is 188 g/mol. The van der Waals surface area contributed by atoms with Crippen molar-refractivity contribution in [1.29, 1.82) is 0 Å². The van der Waals surface area contributed by atoms with Gasteiger partial charge in [-0.2, -0.15) is 0 Å². The largest absolute Gasteiger partial charge is 0.125 e. The van der Waals surface area contributed by atoms with Gasteiger partial charge in [0.05, 0.1) is 0 Å². The molecule has 1 heteroatoms. The fourth-order valence-electron chi connectivity index (χ4n) is 2.46. The zero-order valence-corrected chi connectivity index (χ0v) is 8.47. The minimum Gasteiger partial charge on any atom is -0.125 e. The van der Waals surface area contributed by atoms with E-state index >= 15 is 0 Å². The molecule has 1 heterocycles. The van der Waals surface area contributed by atoms with Crippen molar-refractivity contribution in [3.05, 3.63) is 46.9 Å². The highest BCUT2D eigenvalue weighted by molar-refractivity contribution is 8.02. The molecule has 0 fully saturated rings. The molecule has 3 rings (SSSR count). The van der Waals surface area contributed by atoms with Gasteiger partial charge in [0.1, 0.15) is 0 Å². The first-order valence-corrected chi connectivity index (χ1v) is 5.65. The van der Waals surface area contributed by atoms with Crippen molar-refractivity contribution in [2.75, 3.05) is 0 Å². The van der Waals surface area contributed by atoms with Gasteiger partial charge >= 0.3 is 0 Å². The van der Waals surface area contributed by atoms with Crippen LogP contribution in [-0.4, -0.2) is 0 Å². The van der Waals surface area contributed by atoms with Crippen molar-refractivity contribution >= 4 is 11.8 Å². The Morgan fingerprint density at radius 2 is 2.23 bits per heavy atom. The molecular weight excluding hydrogens is 176 g/mol. The van der Waals surface area contributed by atoms with E-state index < -0.39 is 0 Å². The summed E-state index contributed by atoms with van der Waals surface area (Å²) in [6.45, 7) is 2.37. The van der Waals surface area contributed by atoms with Gasteiger partial charge < -0.3 is 0 Å². The van der Waals surface area contributed by atoms with E-state index in [2.05, 4.69) is 42.7 Å². The maximum Gasteiger partial charge on any atom is 0.0432 e. The molecule has 0 spiro atoms. The third-order valence-corrected chi connectivity index (χ3v) is 4.53. The lowest BCUT2D eigenvalue weighted by Gasteiger charge is -2.21. The van der Waals surface area contributed by atoms with E-state index in [-0.39, 0.29) is 0 Å². The van der Waals surface area contributed by atoms with Crippen molar-refractivity contribution in [2.24, 2.45) is 5.41 Å². The van der Waals surface area contributed by atoms with Crippen LogP contribution in [0.3, 0.4) is 0 Å². The van der Waals surface area contributed by atoms with Crippen LogP contribution in [0.4, 0.5) is 0 Å². The Hall–Kier alpha value is -0.690. The van der Waals surface area contributed by atoms with Gasteiger partial charge in [-0.15, -0.1) is 11.8 Å². The Labute approximate surface area is 83.0 Å². The number of allylic oxidation sites excluding steroid dienone is 1. The van der Waals surface area contributed by atoms with Crippen LogP contribution in [0.2, 0.25) is 0 Å². The maximum absolute atomic E-state index is 2.38. The van der Waals surface area contributed by atoms with Crippen molar-refractivity contribution in [1.82, 2.24) is 0 Å². The molecule has 2 unspecified atom stereocenters. The molecule has 0 bridgehead atoms. The lowest BCUT2D eigenvalue weighted by atomic mass is 9.87. The fourth-order valence-corrected chi connectivity index (χ4v) is 3.85. The number of thioether (sulfide) groups is 1. The standard InChI is InChI=1S/C12H12S/c1-12-6-7-13-11(12)10-5-3-2-4-9(10)8-12/h2-7,11H,8H2,1H3. The normalized spacial score (nSPS) is 34.7. The first kappa shape index (κ1) is 7.69. The van der Waals surface area contributed by atoms with E-state index in [4.69, 9.17) is 0 Å². The molecule has 13 heavy (non-hydrogen) atoms. The fraction of sp³-hybridized carbons (Fsp3) is 0.333.